The van der Waals surface area contributed by atoms with Gasteiger partial charge in [-0.3, -0.25) is 9.20 Å². The fourth-order valence-corrected chi connectivity index (χ4v) is 4.78. The number of hydrogen-bond acceptors (Lipinski definition) is 5. The van der Waals surface area contributed by atoms with Crippen molar-refractivity contribution < 1.29 is 73.2 Å². The Kier molecular flexibility index (Phi) is 11.3. The largest absolute Gasteiger partial charge is 0.490 e. The van der Waals surface area contributed by atoms with Gasteiger partial charge in [-0.1, -0.05) is 6.07 Å². The second-order valence-electron chi connectivity index (χ2n) is 11.5. The van der Waals surface area contributed by atoms with Crippen LogP contribution in [0.1, 0.15) is 65.8 Å². The molecule has 4 N–H and O–H groups in total. The van der Waals surface area contributed by atoms with Crippen molar-refractivity contribution in [2.75, 3.05) is 6.54 Å². The average Bonchev–Trinajstić information content (AvgIpc) is 3.31. The maximum Gasteiger partial charge on any atom is 0.490 e. The molecule has 0 spiro atoms. The molecule has 1 atom stereocenters. The number of carbonyl (C=O) groups excluding carboxylic acids is 1. The lowest BCUT2D eigenvalue weighted by Crippen LogP contribution is -2.53. The Morgan fingerprint density at radius 2 is 1.61 bits per heavy atom. The number of aliphatic carboxylic acids is 1. The summed E-state index contributed by atoms with van der Waals surface area (Å²) in [5, 5.41) is 20.7. The van der Waals surface area contributed by atoms with E-state index in [0.717, 1.165) is 12.1 Å². The summed E-state index contributed by atoms with van der Waals surface area (Å²) in [6, 6.07) is 4.75. The third-order valence-electron chi connectivity index (χ3n) is 7.23. The topological polar surface area (TPSA) is 142 Å². The molecule has 2 heterocycles. The van der Waals surface area contributed by atoms with Crippen LogP contribution in [0.5, 0.6) is 5.75 Å². The van der Waals surface area contributed by atoms with Gasteiger partial charge in [-0.25, -0.2) is 32.1 Å². The molecule has 4 rings (SSSR count). The van der Waals surface area contributed by atoms with Crippen molar-refractivity contribution in [3.05, 3.63) is 64.6 Å². The minimum absolute atomic E-state index is 0.00778. The van der Waals surface area contributed by atoms with Crippen molar-refractivity contribution in [1.82, 2.24) is 20.0 Å². The predicted octanol–water partition coefficient (Wildman–Crippen LogP) is 6.74. The zero-order valence-corrected chi connectivity index (χ0v) is 25.4. The molecule has 1 aliphatic carbocycles. The lowest BCUT2D eigenvalue weighted by Gasteiger charge is -2.34. The molecule has 1 fully saturated rings. The molecule has 0 radical (unpaired) electrons. The van der Waals surface area contributed by atoms with E-state index in [1.165, 1.54) is 29.7 Å². The molecule has 2 aromatic heterocycles. The molecular weight excluding hydrogens is 690 g/mol. The fourth-order valence-electron chi connectivity index (χ4n) is 4.78. The minimum atomic E-state index is -5.08. The molecule has 49 heavy (non-hydrogen) atoms. The summed E-state index contributed by atoms with van der Waals surface area (Å²) >= 11 is 0. The summed E-state index contributed by atoms with van der Waals surface area (Å²) in [5.41, 5.74) is -1.86. The van der Waals surface area contributed by atoms with Gasteiger partial charge >= 0.3 is 24.4 Å². The van der Waals surface area contributed by atoms with Crippen molar-refractivity contribution in [3.63, 3.8) is 0 Å². The van der Waals surface area contributed by atoms with E-state index >= 15 is 0 Å². The number of halogens is 10. The van der Waals surface area contributed by atoms with Crippen LogP contribution in [0.25, 0.3) is 5.65 Å². The molecule has 1 aliphatic rings. The van der Waals surface area contributed by atoms with Crippen molar-refractivity contribution in [2.45, 2.75) is 75.9 Å². The number of fused-ring (bicyclic) bond motifs is 1. The molecule has 1 unspecified atom stereocenters. The summed E-state index contributed by atoms with van der Waals surface area (Å²) in [6.45, 7) is 1.68. The molecule has 0 saturated heterocycles. The number of imidazole rings is 1. The van der Waals surface area contributed by atoms with Crippen LogP contribution < -0.4 is 15.4 Å². The number of aromatic nitrogens is 2. The van der Waals surface area contributed by atoms with Crippen LogP contribution in [0.4, 0.5) is 48.7 Å². The van der Waals surface area contributed by atoms with Gasteiger partial charge in [0.05, 0.1) is 16.8 Å². The van der Waals surface area contributed by atoms with Gasteiger partial charge in [0.2, 0.25) is 5.92 Å². The number of hydrogen-bond donors (Lipinski definition) is 4. The molecular formula is C29H28F10N4O6. The molecule has 3 aromatic rings. The van der Waals surface area contributed by atoms with Crippen LogP contribution in [0, 0.1) is 18.6 Å². The van der Waals surface area contributed by atoms with Crippen LogP contribution in [-0.4, -0.2) is 67.9 Å². The van der Waals surface area contributed by atoms with Gasteiger partial charge in [0.15, 0.2) is 11.4 Å². The van der Waals surface area contributed by atoms with Gasteiger partial charge < -0.3 is 25.6 Å². The molecule has 0 aliphatic heterocycles. The van der Waals surface area contributed by atoms with E-state index in [1.807, 2.05) is 5.32 Å². The summed E-state index contributed by atoms with van der Waals surface area (Å²) < 4.78 is 133. The quantitative estimate of drug-likeness (QED) is 0.170. The van der Waals surface area contributed by atoms with E-state index in [4.69, 9.17) is 19.7 Å². The Balaban J connectivity index is 0.000000838. The van der Waals surface area contributed by atoms with E-state index in [1.54, 1.807) is 6.92 Å². The zero-order chi connectivity index (χ0) is 37.1. The molecule has 1 aromatic carbocycles. The van der Waals surface area contributed by atoms with Crippen LogP contribution in [-0.2, 0) is 11.4 Å². The zero-order valence-electron chi connectivity index (χ0n) is 25.4. The summed E-state index contributed by atoms with van der Waals surface area (Å²) in [7, 11) is 0. The third-order valence-corrected chi connectivity index (χ3v) is 7.23. The summed E-state index contributed by atoms with van der Waals surface area (Å²) in [6.07, 6.45) is -13.1. The number of ether oxygens (including phenoxy) is 1. The highest BCUT2D eigenvalue weighted by molar-refractivity contribution is 5.95. The van der Waals surface area contributed by atoms with Crippen LogP contribution in [0.2, 0.25) is 0 Å². The number of aryl methyl sites for hydroxylation is 1. The molecule has 0 bridgehead atoms. The van der Waals surface area contributed by atoms with E-state index < -0.39 is 98.2 Å². The van der Waals surface area contributed by atoms with Gasteiger partial charge in [0.1, 0.15) is 23.9 Å². The maximum absolute atomic E-state index is 14.2. The number of rotatable bonds is 10. The predicted molar refractivity (Wildman–Crippen MR) is 148 cm³/mol. The number of nitrogens with one attached hydrogen (secondary N) is 2. The number of carboxylic acid groups (broad SMARTS) is 2. The highest BCUT2D eigenvalue weighted by Crippen LogP contribution is 2.49. The first kappa shape index (κ1) is 38.7. The normalized spacial score (nSPS) is 15.8. The van der Waals surface area contributed by atoms with Crippen LogP contribution >= 0.6 is 0 Å². The smallest absolute Gasteiger partial charge is 0.485 e. The molecule has 2 amide bonds. The Labute approximate surface area is 270 Å². The third kappa shape index (κ3) is 10.4. The lowest BCUT2D eigenvalue weighted by molar-refractivity contribution is -0.192. The highest BCUT2D eigenvalue weighted by atomic mass is 19.4. The molecule has 20 heteroatoms. The molecule has 1 saturated carbocycles. The fraction of sp³-hybridized carbons (Fsp3) is 0.448. The van der Waals surface area contributed by atoms with Crippen molar-refractivity contribution in [3.8, 4) is 5.75 Å². The monoisotopic (exact) mass is 718 g/mol. The number of amides is 2. The first-order valence-electron chi connectivity index (χ1n) is 14.0. The van der Waals surface area contributed by atoms with Gasteiger partial charge in [0, 0.05) is 37.9 Å². The minimum Gasteiger partial charge on any atom is -0.485 e. The number of pyridine rings is 1. The van der Waals surface area contributed by atoms with Crippen molar-refractivity contribution in [1.29, 1.82) is 0 Å². The Bertz CT molecular complexity index is 1680. The Morgan fingerprint density at radius 3 is 2.10 bits per heavy atom. The number of benzene rings is 1. The molecule has 270 valence electrons. The SMILES string of the molecule is Cc1cc(OCc2c(F)cccc2F)c2nc(C3CC(F)(F)C3)c(C(=O)NCC(C)(CCC(F)(F)F)NC(=O)O)n2c1.O=C(O)C(F)(F)F. The van der Waals surface area contributed by atoms with Gasteiger partial charge in [-0.2, -0.15) is 26.3 Å². The maximum atomic E-state index is 14.2. The standard InChI is InChI=1S/C27H27F7N4O4.C2HF3O2/c1-14-8-19(42-12-16-17(28)4-3-5-18(16)29)22-36-20(15-9-26(30,31)10-15)21(38(22)11-14)23(39)35-13-25(2,37-24(40)41)6-7-27(32,33)34;3-2(4,5)1(6)7/h3-5,8,11,15,37H,6-7,9-10,12-13H2,1-2H3,(H,35,39)(H,40,41);(H,6,7). The van der Waals surface area contributed by atoms with E-state index in [-0.39, 0.29) is 28.3 Å². The lowest BCUT2D eigenvalue weighted by atomic mass is 9.78. The second kappa shape index (κ2) is 14.4. The van der Waals surface area contributed by atoms with Crippen molar-refractivity contribution >= 4 is 23.6 Å². The number of nitrogens with zero attached hydrogens (tertiary/aromatic N) is 2. The number of alkyl halides is 8. The first-order chi connectivity index (χ1) is 22.4. The van der Waals surface area contributed by atoms with E-state index in [9.17, 15) is 53.5 Å². The van der Waals surface area contributed by atoms with Crippen LogP contribution in [0.3, 0.4) is 0 Å². The van der Waals surface area contributed by atoms with Gasteiger partial charge in [-0.05, 0) is 44.0 Å². The second-order valence-corrected chi connectivity index (χ2v) is 11.5. The van der Waals surface area contributed by atoms with Crippen LogP contribution in [0.15, 0.2) is 30.5 Å². The van der Waals surface area contributed by atoms with E-state index in [0.29, 0.717) is 5.56 Å². The summed E-state index contributed by atoms with van der Waals surface area (Å²) in [5.74, 6) is -9.24. The first-order valence-corrected chi connectivity index (χ1v) is 14.0. The highest BCUT2D eigenvalue weighted by Gasteiger charge is 2.48. The Hall–Kier alpha value is -4.78. The van der Waals surface area contributed by atoms with Gasteiger partial charge in [0.25, 0.3) is 5.91 Å². The van der Waals surface area contributed by atoms with E-state index in [2.05, 4.69) is 10.3 Å². The number of carbonyl (C=O) groups is 3. The summed E-state index contributed by atoms with van der Waals surface area (Å²) in [4.78, 5) is 38.0. The van der Waals surface area contributed by atoms with Gasteiger partial charge in [-0.15, -0.1) is 0 Å². The van der Waals surface area contributed by atoms with Crippen molar-refractivity contribution in [2.24, 2.45) is 0 Å². The molecule has 10 nitrogen and oxygen atoms in total. The average molecular weight is 719 g/mol. The Morgan fingerprint density at radius 1 is 1.04 bits per heavy atom. The number of carboxylic acids is 1.